The van der Waals surface area contributed by atoms with Gasteiger partial charge in [-0.05, 0) is 46.9 Å². The average Bonchev–Trinajstić information content (AvgIpc) is 2.72. The van der Waals surface area contributed by atoms with Crippen molar-refractivity contribution < 1.29 is 14.4 Å². The molecule has 1 aromatic rings. The van der Waals surface area contributed by atoms with Crippen LogP contribution in [0.3, 0.4) is 0 Å². The van der Waals surface area contributed by atoms with Crippen LogP contribution in [0.1, 0.15) is 29.6 Å². The largest absolute Gasteiger partial charge is 0.458 e. The number of quaternary nitrogens is 1. The van der Waals surface area contributed by atoms with Gasteiger partial charge in [-0.2, -0.15) is 0 Å². The number of carbonyl (C=O) groups is 1. The normalized spacial score (nSPS) is 34.5. The van der Waals surface area contributed by atoms with Crippen molar-refractivity contribution in [1.29, 1.82) is 0 Å². The lowest BCUT2D eigenvalue weighted by Crippen LogP contribution is -3.16. The number of nitrogens with one attached hydrogen (secondary N) is 1. The first kappa shape index (κ1) is 15.0. The summed E-state index contributed by atoms with van der Waals surface area (Å²) in [5.41, 5.74) is 0.636. The molecule has 1 aromatic carbocycles. The second kappa shape index (κ2) is 6.08. The van der Waals surface area contributed by atoms with Crippen LogP contribution in [0.2, 0.25) is 0 Å². The number of halogens is 1. The van der Waals surface area contributed by atoms with Crippen LogP contribution in [-0.4, -0.2) is 31.2 Å². The summed E-state index contributed by atoms with van der Waals surface area (Å²) in [6, 6.07) is 8.72. The van der Waals surface area contributed by atoms with E-state index in [0.717, 1.165) is 9.99 Å². The second-order valence-corrected chi connectivity index (χ2v) is 7.37. The summed E-state index contributed by atoms with van der Waals surface area (Å²) in [5.74, 6) is 0.0683. The van der Waals surface area contributed by atoms with Crippen LogP contribution in [0, 0.1) is 9.49 Å². The van der Waals surface area contributed by atoms with Gasteiger partial charge < -0.3 is 9.64 Å². The fourth-order valence-corrected chi connectivity index (χ4v) is 4.23. The zero-order valence-corrected chi connectivity index (χ0v) is 14.4. The highest BCUT2D eigenvalue weighted by Gasteiger charge is 2.49. The monoisotopic (exact) mass is 398 g/mol. The Morgan fingerprint density at radius 1 is 1.38 bits per heavy atom. The van der Waals surface area contributed by atoms with Crippen molar-refractivity contribution in [3.63, 3.8) is 0 Å². The minimum absolute atomic E-state index is 0.0181. The third-order valence-corrected chi connectivity index (χ3v) is 5.80. The van der Waals surface area contributed by atoms with Gasteiger partial charge in [0, 0.05) is 22.8 Å². The minimum atomic E-state index is -0.206. The van der Waals surface area contributed by atoms with Crippen molar-refractivity contribution in [2.24, 2.45) is 5.92 Å². The summed E-state index contributed by atoms with van der Waals surface area (Å²) in [4.78, 5) is 13.9. The molecule has 2 heterocycles. The molecule has 0 saturated carbocycles. The van der Waals surface area contributed by atoms with Crippen molar-refractivity contribution >= 4 is 28.6 Å². The SMILES string of the molecule is C=C[C@H]1[C@@H](OC(=O)c2ccc(I)cc2)C[C@@H]2CC[C@H]1[NH+]2C. The lowest BCUT2D eigenvalue weighted by atomic mass is 9.87. The molecule has 0 aliphatic carbocycles. The van der Waals surface area contributed by atoms with Gasteiger partial charge in [0.25, 0.3) is 0 Å². The zero-order chi connectivity index (χ0) is 15.0. The molecule has 2 fully saturated rings. The van der Waals surface area contributed by atoms with Crippen molar-refractivity contribution in [3.05, 3.63) is 46.1 Å². The van der Waals surface area contributed by atoms with Crippen LogP contribution >= 0.6 is 22.6 Å². The molecule has 0 radical (unpaired) electrons. The van der Waals surface area contributed by atoms with E-state index in [2.05, 4.69) is 36.2 Å². The topological polar surface area (TPSA) is 30.7 Å². The van der Waals surface area contributed by atoms with Gasteiger partial charge in [-0.3, -0.25) is 0 Å². The summed E-state index contributed by atoms with van der Waals surface area (Å²) >= 11 is 2.23. The predicted molar refractivity (Wildman–Crippen MR) is 90.4 cm³/mol. The van der Waals surface area contributed by atoms with Crippen molar-refractivity contribution in [3.8, 4) is 0 Å². The van der Waals surface area contributed by atoms with Crippen molar-refractivity contribution in [2.45, 2.75) is 37.5 Å². The van der Waals surface area contributed by atoms with Gasteiger partial charge in [-0.1, -0.05) is 6.08 Å². The lowest BCUT2D eigenvalue weighted by Gasteiger charge is -2.38. The third-order valence-electron chi connectivity index (χ3n) is 5.08. The Balaban J connectivity index is 1.73. The average molecular weight is 398 g/mol. The Kier molecular flexibility index (Phi) is 4.36. The van der Waals surface area contributed by atoms with Gasteiger partial charge in [-0.15, -0.1) is 6.58 Å². The van der Waals surface area contributed by atoms with Gasteiger partial charge in [-0.25, -0.2) is 4.79 Å². The molecule has 2 bridgehead atoms. The standard InChI is InChI=1S/C17H20INO2/c1-3-14-15-9-8-13(19(15)2)10-16(14)21-17(20)11-4-6-12(18)7-5-11/h3-7,13-16H,1,8-10H2,2H3/p+1/t13-,14+,15+,16-/m0/s1. The number of piperidine rings is 1. The molecule has 0 spiro atoms. The van der Waals surface area contributed by atoms with Crippen LogP contribution in [0.5, 0.6) is 0 Å². The Morgan fingerprint density at radius 3 is 2.76 bits per heavy atom. The molecule has 0 amide bonds. The molecule has 1 N–H and O–H groups in total. The number of carbonyl (C=O) groups excluding carboxylic acids is 1. The third kappa shape index (κ3) is 2.88. The summed E-state index contributed by atoms with van der Waals surface area (Å²) < 4.78 is 6.94. The molecule has 2 aliphatic heterocycles. The summed E-state index contributed by atoms with van der Waals surface area (Å²) in [5, 5.41) is 0. The number of esters is 1. The molecule has 21 heavy (non-hydrogen) atoms. The maximum absolute atomic E-state index is 12.3. The molecular formula is C17H21INO2+. The molecule has 3 nitrogen and oxygen atoms in total. The summed E-state index contributed by atoms with van der Waals surface area (Å²) in [6.45, 7) is 3.97. The first-order valence-corrected chi connectivity index (χ1v) is 8.60. The smallest absolute Gasteiger partial charge is 0.338 e. The molecular weight excluding hydrogens is 377 g/mol. The fourth-order valence-electron chi connectivity index (χ4n) is 3.87. The van der Waals surface area contributed by atoms with E-state index < -0.39 is 0 Å². The number of fused-ring (bicyclic) bond motifs is 2. The van der Waals surface area contributed by atoms with Gasteiger partial charge in [0.15, 0.2) is 0 Å². The van der Waals surface area contributed by atoms with Crippen molar-refractivity contribution in [1.82, 2.24) is 0 Å². The quantitative estimate of drug-likeness (QED) is 0.480. The maximum atomic E-state index is 12.3. The fraction of sp³-hybridized carbons (Fsp3) is 0.471. The second-order valence-electron chi connectivity index (χ2n) is 6.12. The molecule has 2 aliphatic rings. The molecule has 4 heteroatoms. The first-order chi connectivity index (χ1) is 10.1. The minimum Gasteiger partial charge on any atom is -0.458 e. The number of ether oxygens (including phenoxy) is 1. The van der Waals surface area contributed by atoms with Gasteiger partial charge in [0.2, 0.25) is 0 Å². The number of benzene rings is 1. The van der Waals surface area contributed by atoms with Crippen molar-refractivity contribution in [2.75, 3.05) is 7.05 Å². The molecule has 112 valence electrons. The van der Waals surface area contributed by atoms with Crippen LogP contribution in [0.15, 0.2) is 36.9 Å². The van der Waals surface area contributed by atoms with E-state index in [1.165, 1.54) is 12.8 Å². The van der Waals surface area contributed by atoms with Crippen LogP contribution in [0.25, 0.3) is 0 Å². The number of hydrogen-bond donors (Lipinski definition) is 1. The first-order valence-electron chi connectivity index (χ1n) is 7.52. The van der Waals surface area contributed by atoms with Gasteiger partial charge in [0.05, 0.1) is 30.6 Å². The highest BCUT2D eigenvalue weighted by molar-refractivity contribution is 14.1. The van der Waals surface area contributed by atoms with Crippen LogP contribution in [-0.2, 0) is 4.74 Å². The molecule has 2 saturated heterocycles. The Labute approximate surface area is 139 Å². The van der Waals surface area contributed by atoms with E-state index in [0.29, 0.717) is 17.6 Å². The van der Waals surface area contributed by atoms with Gasteiger partial charge in [0.1, 0.15) is 6.10 Å². The number of rotatable bonds is 3. The van der Waals surface area contributed by atoms with Crippen LogP contribution < -0.4 is 4.90 Å². The summed E-state index contributed by atoms with van der Waals surface area (Å²) in [7, 11) is 2.26. The predicted octanol–water partition coefficient (Wildman–Crippen LogP) is 2.07. The van der Waals surface area contributed by atoms with E-state index in [4.69, 9.17) is 4.74 Å². The van der Waals surface area contributed by atoms with E-state index in [1.807, 2.05) is 30.3 Å². The Morgan fingerprint density at radius 2 is 2.10 bits per heavy atom. The van der Waals surface area contributed by atoms with E-state index in [9.17, 15) is 4.79 Å². The Hall–Kier alpha value is -0.880. The highest BCUT2D eigenvalue weighted by atomic mass is 127. The molecule has 0 aromatic heterocycles. The van der Waals surface area contributed by atoms with E-state index >= 15 is 0 Å². The van der Waals surface area contributed by atoms with E-state index in [1.54, 1.807) is 4.90 Å². The zero-order valence-electron chi connectivity index (χ0n) is 12.2. The van der Waals surface area contributed by atoms with E-state index in [-0.39, 0.29) is 18.0 Å². The highest BCUT2D eigenvalue weighted by Crippen LogP contribution is 2.31. The van der Waals surface area contributed by atoms with Gasteiger partial charge >= 0.3 is 5.97 Å². The molecule has 5 atom stereocenters. The Bertz CT molecular complexity index is 542. The lowest BCUT2D eigenvalue weighted by molar-refractivity contribution is -0.926. The summed E-state index contributed by atoms with van der Waals surface area (Å²) in [6.07, 6.45) is 5.37. The molecule has 1 unspecified atom stereocenters. The molecule has 3 rings (SSSR count). The number of hydrogen-bond acceptors (Lipinski definition) is 2. The maximum Gasteiger partial charge on any atom is 0.338 e. The van der Waals surface area contributed by atoms with Crippen LogP contribution in [0.4, 0.5) is 0 Å².